The number of hydrogen-bond acceptors (Lipinski definition) is 5. The van der Waals surface area contributed by atoms with Crippen LogP contribution in [0.4, 0.5) is 0 Å². The molecule has 0 fully saturated rings. The maximum Gasteiger partial charge on any atom is 0.194 e. The third kappa shape index (κ3) is 3.14. The van der Waals surface area contributed by atoms with Gasteiger partial charge < -0.3 is 0 Å². The smallest absolute Gasteiger partial charge is 0.194 e. The number of hydrogen-bond donors (Lipinski definition) is 0. The van der Waals surface area contributed by atoms with Crippen LogP contribution in [0.25, 0.3) is 0 Å². The molecule has 17 heavy (non-hydrogen) atoms. The summed E-state index contributed by atoms with van der Waals surface area (Å²) >= 11 is 10.6. The minimum absolute atomic E-state index is 0.381. The predicted octanol–water partition coefficient (Wildman–Crippen LogP) is 3.45. The molecule has 0 spiro atoms. The van der Waals surface area contributed by atoms with Crippen molar-refractivity contribution < 1.29 is 0 Å². The van der Waals surface area contributed by atoms with Crippen LogP contribution >= 0.6 is 39.3 Å². The quantitative estimate of drug-likeness (QED) is 0.623. The zero-order valence-electron chi connectivity index (χ0n) is 9.11. The largest absolute Gasteiger partial charge is 0.228 e. The lowest BCUT2D eigenvalue weighted by molar-refractivity contribution is 0.896. The van der Waals surface area contributed by atoms with Gasteiger partial charge in [-0.15, -0.1) is 0 Å². The summed E-state index contributed by atoms with van der Waals surface area (Å²) in [6.45, 7) is 3.86. The van der Waals surface area contributed by atoms with Crippen molar-refractivity contribution in [2.24, 2.45) is 0 Å². The summed E-state index contributed by atoms with van der Waals surface area (Å²) in [5, 5.41) is 1.74. The van der Waals surface area contributed by atoms with Crippen LogP contribution in [0.1, 0.15) is 11.4 Å². The number of nitrogens with zero attached hydrogens (tertiary/aromatic N) is 4. The van der Waals surface area contributed by atoms with E-state index in [0.29, 0.717) is 19.8 Å². The summed E-state index contributed by atoms with van der Waals surface area (Å²) in [7, 11) is 0. The summed E-state index contributed by atoms with van der Waals surface area (Å²) in [5.74, 6) is 0. The van der Waals surface area contributed by atoms with E-state index in [0.717, 1.165) is 11.4 Å². The van der Waals surface area contributed by atoms with E-state index in [1.807, 2.05) is 19.9 Å². The fourth-order valence-electron chi connectivity index (χ4n) is 1.23. The van der Waals surface area contributed by atoms with Gasteiger partial charge in [0.15, 0.2) is 5.16 Å². The van der Waals surface area contributed by atoms with E-state index in [1.165, 1.54) is 18.1 Å². The maximum absolute atomic E-state index is 5.89. The third-order valence-electron chi connectivity index (χ3n) is 1.86. The van der Waals surface area contributed by atoms with E-state index >= 15 is 0 Å². The van der Waals surface area contributed by atoms with Crippen LogP contribution in [0.5, 0.6) is 0 Å². The lowest BCUT2D eigenvalue weighted by atomic mass is 10.4. The second-order valence-corrected chi connectivity index (χ2v) is 5.43. The van der Waals surface area contributed by atoms with Gasteiger partial charge in [0, 0.05) is 11.4 Å². The molecule has 0 aromatic carbocycles. The van der Waals surface area contributed by atoms with Gasteiger partial charge in [-0.3, -0.25) is 0 Å². The third-order valence-corrected chi connectivity index (χ3v) is 4.26. The SMILES string of the molecule is Cc1cc(C)nc(Sc2ncnc(Cl)c2Br)n1. The fourth-order valence-corrected chi connectivity index (χ4v) is 2.71. The minimum atomic E-state index is 0.381. The van der Waals surface area contributed by atoms with Crippen LogP contribution < -0.4 is 0 Å². The van der Waals surface area contributed by atoms with Gasteiger partial charge in [0.2, 0.25) is 0 Å². The lowest BCUT2D eigenvalue weighted by Gasteiger charge is -2.04. The normalized spacial score (nSPS) is 10.6. The number of aryl methyl sites for hydroxylation is 2. The van der Waals surface area contributed by atoms with Gasteiger partial charge in [-0.05, 0) is 47.6 Å². The van der Waals surface area contributed by atoms with Crippen LogP contribution in [-0.4, -0.2) is 19.9 Å². The Hall–Kier alpha value is -0.720. The molecule has 2 heterocycles. The molecule has 0 aliphatic rings. The monoisotopic (exact) mass is 330 g/mol. The van der Waals surface area contributed by atoms with Crippen molar-refractivity contribution in [2.45, 2.75) is 24.0 Å². The molecule has 2 rings (SSSR count). The Labute approximate surface area is 116 Å². The van der Waals surface area contributed by atoms with Crippen molar-refractivity contribution in [3.05, 3.63) is 33.4 Å². The highest BCUT2D eigenvalue weighted by Crippen LogP contribution is 2.32. The highest BCUT2D eigenvalue weighted by Gasteiger charge is 2.10. The molecule has 88 valence electrons. The summed E-state index contributed by atoms with van der Waals surface area (Å²) in [6, 6.07) is 1.92. The molecule has 0 radical (unpaired) electrons. The Balaban J connectivity index is 2.34. The second-order valence-electron chi connectivity index (χ2n) is 3.32. The average molecular weight is 332 g/mol. The van der Waals surface area contributed by atoms with E-state index < -0.39 is 0 Å². The zero-order valence-corrected chi connectivity index (χ0v) is 12.3. The first kappa shape index (κ1) is 12.7. The van der Waals surface area contributed by atoms with Crippen molar-refractivity contribution >= 4 is 39.3 Å². The van der Waals surface area contributed by atoms with Crippen molar-refractivity contribution in [3.63, 3.8) is 0 Å². The molecule has 0 saturated carbocycles. The van der Waals surface area contributed by atoms with Crippen molar-refractivity contribution in [2.75, 3.05) is 0 Å². The molecule has 0 unspecified atom stereocenters. The van der Waals surface area contributed by atoms with Gasteiger partial charge in [-0.2, -0.15) is 0 Å². The van der Waals surface area contributed by atoms with E-state index in [-0.39, 0.29) is 0 Å². The molecule has 0 N–H and O–H groups in total. The van der Waals surface area contributed by atoms with Gasteiger partial charge in [0.1, 0.15) is 16.5 Å². The topological polar surface area (TPSA) is 51.6 Å². The fraction of sp³-hybridized carbons (Fsp3) is 0.200. The van der Waals surface area contributed by atoms with E-state index in [4.69, 9.17) is 11.6 Å². The lowest BCUT2D eigenvalue weighted by Crippen LogP contribution is -1.94. The van der Waals surface area contributed by atoms with Crippen LogP contribution in [0.3, 0.4) is 0 Å². The van der Waals surface area contributed by atoms with Gasteiger partial charge in [-0.1, -0.05) is 11.6 Å². The predicted molar refractivity (Wildman–Crippen MR) is 70.4 cm³/mol. The molecule has 2 aromatic rings. The van der Waals surface area contributed by atoms with Crippen molar-refractivity contribution in [3.8, 4) is 0 Å². The maximum atomic E-state index is 5.89. The minimum Gasteiger partial charge on any atom is -0.228 e. The van der Waals surface area contributed by atoms with Crippen LogP contribution in [-0.2, 0) is 0 Å². The number of aromatic nitrogens is 4. The number of rotatable bonds is 2. The Kier molecular flexibility index (Phi) is 3.96. The second kappa shape index (κ2) is 5.29. The molecule has 4 nitrogen and oxygen atoms in total. The molecule has 0 amide bonds. The molecule has 0 aliphatic heterocycles. The molecule has 0 atom stereocenters. The van der Waals surface area contributed by atoms with Gasteiger partial charge in [0.25, 0.3) is 0 Å². The zero-order chi connectivity index (χ0) is 12.4. The summed E-state index contributed by atoms with van der Waals surface area (Å²) in [4.78, 5) is 16.7. The van der Waals surface area contributed by atoms with Gasteiger partial charge in [0.05, 0.1) is 4.47 Å². The van der Waals surface area contributed by atoms with E-state index in [1.54, 1.807) is 0 Å². The Morgan fingerprint density at radius 3 is 2.47 bits per heavy atom. The first-order valence-electron chi connectivity index (χ1n) is 4.72. The average Bonchev–Trinajstić information content (AvgIpc) is 2.23. The van der Waals surface area contributed by atoms with Gasteiger partial charge >= 0.3 is 0 Å². The molecule has 0 bridgehead atoms. The Bertz CT molecular complexity index is 544. The molecular formula is C10H8BrClN4S. The number of halogens is 2. The molecule has 0 aliphatic carbocycles. The molecule has 0 saturated heterocycles. The van der Waals surface area contributed by atoms with Crippen LogP contribution in [0.2, 0.25) is 5.15 Å². The Morgan fingerprint density at radius 2 is 1.82 bits per heavy atom. The summed E-state index contributed by atoms with van der Waals surface area (Å²) < 4.78 is 0.662. The van der Waals surface area contributed by atoms with E-state index in [2.05, 4.69) is 35.9 Å². The van der Waals surface area contributed by atoms with Gasteiger partial charge in [-0.25, -0.2) is 19.9 Å². The molecular weight excluding hydrogens is 324 g/mol. The summed E-state index contributed by atoms with van der Waals surface area (Å²) in [5.41, 5.74) is 1.85. The standard InChI is InChI=1S/C10H8BrClN4S/c1-5-3-6(2)16-10(15-5)17-9-7(11)8(12)13-4-14-9/h3-4H,1-2H3. The van der Waals surface area contributed by atoms with Crippen LogP contribution in [0.15, 0.2) is 27.0 Å². The first-order valence-corrected chi connectivity index (χ1v) is 6.71. The van der Waals surface area contributed by atoms with Crippen LogP contribution in [0, 0.1) is 13.8 Å². The highest BCUT2D eigenvalue weighted by molar-refractivity contribution is 9.10. The first-order chi connectivity index (χ1) is 8.06. The molecule has 2 aromatic heterocycles. The van der Waals surface area contributed by atoms with Crippen molar-refractivity contribution in [1.29, 1.82) is 0 Å². The van der Waals surface area contributed by atoms with Crippen molar-refractivity contribution in [1.82, 2.24) is 19.9 Å². The molecule has 7 heteroatoms. The Morgan fingerprint density at radius 1 is 1.18 bits per heavy atom. The highest BCUT2D eigenvalue weighted by atomic mass is 79.9. The summed E-state index contributed by atoms with van der Waals surface area (Å²) in [6.07, 6.45) is 1.41. The van der Waals surface area contributed by atoms with E-state index in [9.17, 15) is 0 Å².